The van der Waals surface area contributed by atoms with Gasteiger partial charge < -0.3 is 18.2 Å². The molecule has 2 heterocycles. The van der Waals surface area contributed by atoms with E-state index < -0.39 is 7.40 Å². The summed E-state index contributed by atoms with van der Waals surface area (Å²) >= 11 is 0. The van der Waals surface area contributed by atoms with Gasteiger partial charge in [0.15, 0.2) is 0 Å². The number of ether oxygens (including phenoxy) is 1. The SMILES string of the molecule is C[N+](C)(C)CCC[N+](C)(C)CCCCCCOc1ccc(/C(=C2\C=CC=N2)c2cccn2B(F)F)cc1. The molecule has 1 aliphatic rings. The lowest BCUT2D eigenvalue weighted by Crippen LogP contribution is -2.44. The molecule has 0 saturated carbocycles. The summed E-state index contributed by atoms with van der Waals surface area (Å²) in [4.78, 5) is 4.37. The first-order chi connectivity index (χ1) is 17.6. The Balaban J connectivity index is 1.44. The van der Waals surface area contributed by atoms with Crippen LogP contribution in [0.3, 0.4) is 0 Å². The van der Waals surface area contributed by atoms with Crippen LogP contribution in [0.5, 0.6) is 5.75 Å². The van der Waals surface area contributed by atoms with E-state index >= 15 is 0 Å². The Kier molecular flexibility index (Phi) is 10.3. The standard InChI is InChI=1S/C29H43BF2N4O/c1-35(2,3)21-12-23-36(4,5)22-8-6-7-9-24-37-26-17-15-25(16-18-26)29(27-13-10-19-33-27)28-14-11-20-34(28)30(31)32/h10-11,13-20H,6-9,12,21-24H2,1-5H3/q+2/b29-27-. The van der Waals surface area contributed by atoms with Gasteiger partial charge in [0, 0.05) is 23.9 Å². The van der Waals surface area contributed by atoms with Gasteiger partial charge in [-0.1, -0.05) is 12.1 Å². The lowest BCUT2D eigenvalue weighted by molar-refractivity contribution is -0.902. The van der Waals surface area contributed by atoms with E-state index in [4.69, 9.17) is 4.74 Å². The molecule has 0 amide bonds. The molecule has 2 aromatic rings. The molecule has 0 radical (unpaired) electrons. The summed E-state index contributed by atoms with van der Waals surface area (Å²) in [5, 5.41) is 0. The number of allylic oxidation sites excluding steroid dienone is 2. The molecule has 3 rings (SSSR count). The van der Waals surface area contributed by atoms with Gasteiger partial charge in [-0.2, -0.15) is 0 Å². The van der Waals surface area contributed by atoms with Crippen molar-refractivity contribution in [1.82, 2.24) is 4.48 Å². The molecule has 8 heteroatoms. The molecule has 0 spiro atoms. The lowest BCUT2D eigenvalue weighted by Gasteiger charge is -2.31. The van der Waals surface area contributed by atoms with Gasteiger partial charge in [0.2, 0.25) is 0 Å². The molecule has 0 aliphatic carbocycles. The topological polar surface area (TPSA) is 26.5 Å². The third-order valence-corrected chi connectivity index (χ3v) is 6.72. The van der Waals surface area contributed by atoms with E-state index in [-0.39, 0.29) is 0 Å². The van der Waals surface area contributed by atoms with Gasteiger partial charge in [0.1, 0.15) is 5.75 Å². The average Bonchev–Trinajstić information content (AvgIpc) is 3.52. The Morgan fingerprint density at radius 2 is 1.59 bits per heavy atom. The van der Waals surface area contributed by atoms with Crippen molar-refractivity contribution in [3.63, 3.8) is 0 Å². The average molecular weight is 512 g/mol. The molecule has 0 atom stereocenters. The highest BCUT2D eigenvalue weighted by Crippen LogP contribution is 2.31. The number of benzene rings is 1. The first kappa shape index (κ1) is 28.9. The summed E-state index contributed by atoms with van der Waals surface area (Å²) in [5.41, 5.74) is 2.62. The van der Waals surface area contributed by atoms with Gasteiger partial charge in [-0.05, 0) is 73.9 Å². The van der Waals surface area contributed by atoms with E-state index in [9.17, 15) is 8.63 Å². The first-order valence-electron chi connectivity index (χ1n) is 13.3. The lowest BCUT2D eigenvalue weighted by atomic mass is 9.98. The Morgan fingerprint density at radius 1 is 0.892 bits per heavy atom. The van der Waals surface area contributed by atoms with E-state index in [0.717, 1.165) is 37.6 Å². The molecule has 0 unspecified atom stereocenters. The van der Waals surface area contributed by atoms with Gasteiger partial charge in [-0.15, -0.1) is 0 Å². The van der Waals surface area contributed by atoms with Gasteiger partial charge in [-0.25, -0.2) is 0 Å². The Labute approximate surface area is 222 Å². The van der Waals surface area contributed by atoms with Crippen molar-refractivity contribution in [2.45, 2.75) is 32.1 Å². The van der Waals surface area contributed by atoms with Gasteiger partial charge in [-0.3, -0.25) is 13.6 Å². The number of rotatable bonds is 15. The minimum absolute atomic E-state index is 0.442. The predicted octanol–water partition coefficient (Wildman–Crippen LogP) is 5.77. The molecule has 37 heavy (non-hydrogen) atoms. The van der Waals surface area contributed by atoms with Crippen LogP contribution in [0.25, 0.3) is 5.57 Å². The van der Waals surface area contributed by atoms with E-state index in [0.29, 0.717) is 23.6 Å². The normalized spacial score (nSPS) is 14.9. The molecular weight excluding hydrogens is 469 g/mol. The summed E-state index contributed by atoms with van der Waals surface area (Å²) in [5.74, 6) is 0.790. The summed E-state index contributed by atoms with van der Waals surface area (Å²) in [6.45, 7) is 4.33. The van der Waals surface area contributed by atoms with Crippen molar-refractivity contribution in [3.8, 4) is 5.75 Å². The van der Waals surface area contributed by atoms with E-state index in [1.807, 2.05) is 36.4 Å². The van der Waals surface area contributed by atoms with Gasteiger partial charge in [0.05, 0.1) is 67.2 Å². The second-order valence-corrected chi connectivity index (χ2v) is 11.5. The molecule has 0 fully saturated rings. The first-order valence-corrected chi connectivity index (χ1v) is 13.3. The second-order valence-electron chi connectivity index (χ2n) is 11.5. The van der Waals surface area contributed by atoms with Crippen molar-refractivity contribution in [2.24, 2.45) is 4.99 Å². The van der Waals surface area contributed by atoms with Crippen molar-refractivity contribution in [3.05, 3.63) is 71.7 Å². The summed E-state index contributed by atoms with van der Waals surface area (Å²) in [6, 6.07) is 11.0. The van der Waals surface area contributed by atoms with E-state index in [1.165, 1.54) is 45.1 Å². The summed E-state index contributed by atoms with van der Waals surface area (Å²) < 4.78 is 36.1. The van der Waals surface area contributed by atoms with Crippen molar-refractivity contribution >= 4 is 19.2 Å². The maximum Gasteiger partial charge on any atom is 0.677 e. The molecule has 1 aromatic heterocycles. The highest BCUT2D eigenvalue weighted by Gasteiger charge is 2.23. The van der Waals surface area contributed by atoms with E-state index in [1.54, 1.807) is 18.3 Å². The number of hydrogen-bond acceptors (Lipinski definition) is 2. The number of quaternary nitrogens is 2. The summed E-state index contributed by atoms with van der Waals surface area (Å²) in [6.07, 6.45) is 12.6. The fourth-order valence-corrected chi connectivity index (χ4v) is 4.64. The third kappa shape index (κ3) is 9.27. The number of aromatic nitrogens is 1. The zero-order chi connectivity index (χ0) is 26.9. The van der Waals surface area contributed by atoms with Crippen LogP contribution >= 0.6 is 0 Å². The predicted molar refractivity (Wildman–Crippen MR) is 151 cm³/mol. The number of nitrogens with zero attached hydrogens (tertiary/aromatic N) is 4. The van der Waals surface area contributed by atoms with Crippen LogP contribution < -0.4 is 4.74 Å². The Bertz CT molecular complexity index is 1070. The maximum absolute atomic E-state index is 13.5. The Morgan fingerprint density at radius 3 is 2.24 bits per heavy atom. The van der Waals surface area contributed by atoms with Crippen molar-refractivity contribution in [2.75, 3.05) is 61.5 Å². The zero-order valence-electron chi connectivity index (χ0n) is 23.2. The number of halogens is 2. The second kappa shape index (κ2) is 13.2. The van der Waals surface area contributed by atoms with E-state index in [2.05, 4.69) is 40.2 Å². The Hall–Kier alpha value is -2.71. The van der Waals surface area contributed by atoms with Crippen molar-refractivity contribution < 1.29 is 22.3 Å². The molecule has 5 nitrogen and oxygen atoms in total. The summed E-state index contributed by atoms with van der Waals surface area (Å²) in [7, 11) is 8.82. The molecule has 0 N–H and O–H groups in total. The van der Waals surface area contributed by atoms with Crippen LogP contribution in [0, 0.1) is 0 Å². The number of unbranched alkanes of at least 4 members (excludes halogenated alkanes) is 3. The zero-order valence-corrected chi connectivity index (χ0v) is 23.2. The van der Waals surface area contributed by atoms with Crippen LogP contribution in [0.4, 0.5) is 8.63 Å². The van der Waals surface area contributed by atoms with Gasteiger partial charge in [0.25, 0.3) is 0 Å². The van der Waals surface area contributed by atoms with Crippen LogP contribution in [0.15, 0.2) is 65.4 Å². The van der Waals surface area contributed by atoms with Crippen LogP contribution in [-0.4, -0.2) is 88.5 Å². The monoisotopic (exact) mass is 512 g/mol. The van der Waals surface area contributed by atoms with Crippen LogP contribution in [-0.2, 0) is 0 Å². The minimum atomic E-state index is -2.62. The quantitative estimate of drug-likeness (QED) is 0.169. The molecular formula is C29H43BF2N4O+2. The fraction of sp³-hybridized carbons (Fsp3) is 0.483. The largest absolute Gasteiger partial charge is 0.677 e. The smallest absolute Gasteiger partial charge is 0.494 e. The molecule has 1 aromatic carbocycles. The molecule has 200 valence electrons. The maximum atomic E-state index is 13.5. The highest BCUT2D eigenvalue weighted by atomic mass is 19.2. The van der Waals surface area contributed by atoms with Crippen LogP contribution in [0.2, 0.25) is 0 Å². The highest BCUT2D eigenvalue weighted by molar-refractivity contribution is 6.41. The number of hydrogen-bond donors (Lipinski definition) is 0. The minimum Gasteiger partial charge on any atom is -0.494 e. The van der Waals surface area contributed by atoms with Gasteiger partial charge >= 0.3 is 7.40 Å². The fourth-order valence-electron chi connectivity index (χ4n) is 4.64. The molecule has 0 saturated heterocycles. The molecule has 0 bridgehead atoms. The third-order valence-electron chi connectivity index (χ3n) is 6.72. The van der Waals surface area contributed by atoms with Crippen molar-refractivity contribution in [1.29, 1.82) is 0 Å². The number of aliphatic imine (C=N–C) groups is 1. The molecule has 1 aliphatic heterocycles. The van der Waals surface area contributed by atoms with Crippen LogP contribution in [0.1, 0.15) is 43.4 Å².